The van der Waals surface area contributed by atoms with E-state index in [0.29, 0.717) is 0 Å². The van der Waals surface area contributed by atoms with Crippen LogP contribution in [0.3, 0.4) is 0 Å². The molecule has 0 fully saturated rings. The maximum Gasteiger partial charge on any atom is 0.171 e. The van der Waals surface area contributed by atoms with E-state index in [-0.39, 0.29) is 0 Å². The molecule has 2 aromatic heterocycles. The van der Waals surface area contributed by atoms with Crippen molar-refractivity contribution in [1.29, 1.82) is 0 Å². The Kier molecular flexibility index (Phi) is 4.42. The molecule has 0 bridgehead atoms. The van der Waals surface area contributed by atoms with Crippen LogP contribution in [0, 0.1) is 0 Å². The van der Waals surface area contributed by atoms with Crippen molar-refractivity contribution in [1.82, 2.24) is 9.38 Å². The van der Waals surface area contributed by atoms with Crippen molar-refractivity contribution in [3.8, 4) is 0 Å². The van der Waals surface area contributed by atoms with Crippen molar-refractivity contribution in [2.45, 2.75) is 0 Å². The molecule has 0 unspecified atom stereocenters. The smallest absolute Gasteiger partial charge is 0.171 e. The fraction of sp³-hybridized carbons (Fsp3) is 0. The number of nitrogens with zero attached hydrogens (tertiary/aromatic N) is 2. The Morgan fingerprint density at radius 2 is 1.11 bits per heavy atom. The van der Waals surface area contributed by atoms with Crippen LogP contribution >= 0.6 is 7.14 Å². The van der Waals surface area contributed by atoms with Crippen molar-refractivity contribution >= 4 is 61.4 Å². The molecule has 0 spiro atoms. The fourth-order valence-electron chi connectivity index (χ4n) is 5.22. The van der Waals surface area contributed by atoms with Gasteiger partial charge in [0.15, 0.2) is 7.14 Å². The van der Waals surface area contributed by atoms with Gasteiger partial charge in [0.1, 0.15) is 5.65 Å². The second-order valence-electron chi connectivity index (χ2n) is 8.79. The highest BCUT2D eigenvalue weighted by atomic mass is 31.2. The molecule has 35 heavy (non-hydrogen) atoms. The topological polar surface area (TPSA) is 34.4 Å². The van der Waals surface area contributed by atoms with Gasteiger partial charge in [0, 0.05) is 26.7 Å². The molecule has 4 heteroatoms. The largest absolute Gasteiger partial charge is 0.309 e. The lowest BCUT2D eigenvalue weighted by Crippen LogP contribution is -2.25. The van der Waals surface area contributed by atoms with Gasteiger partial charge in [-0.1, -0.05) is 109 Å². The highest BCUT2D eigenvalue weighted by Gasteiger charge is 2.30. The standard InChI is InChI=1S/C31H21N2OP/c34-35(22-11-3-1-4-12-22,23-13-5-2-6-14-23)24-19-20-26-25-15-7-8-16-27(25)31-32-28-17-9-10-18-29(28)33(31)30(26)21-24/h1-21H. The van der Waals surface area contributed by atoms with Gasteiger partial charge < -0.3 is 4.57 Å². The van der Waals surface area contributed by atoms with Gasteiger partial charge in [-0.15, -0.1) is 0 Å². The first-order chi connectivity index (χ1) is 17.2. The number of hydrogen-bond donors (Lipinski definition) is 0. The predicted octanol–water partition coefficient (Wildman–Crippen LogP) is 6.43. The Morgan fingerprint density at radius 3 is 1.83 bits per heavy atom. The zero-order chi connectivity index (χ0) is 23.4. The molecule has 0 aliphatic carbocycles. The highest BCUT2D eigenvalue weighted by Crippen LogP contribution is 2.43. The zero-order valence-electron chi connectivity index (χ0n) is 18.9. The molecule has 0 saturated carbocycles. The molecule has 166 valence electrons. The number of rotatable bonds is 3. The molecule has 7 rings (SSSR count). The maximum atomic E-state index is 15.0. The minimum Gasteiger partial charge on any atom is -0.309 e. The minimum absolute atomic E-state index is 0.816. The first-order valence-corrected chi connectivity index (χ1v) is 13.4. The first-order valence-electron chi connectivity index (χ1n) is 11.7. The molecule has 3 nitrogen and oxygen atoms in total. The Hall–Kier alpha value is -4.20. The van der Waals surface area contributed by atoms with Crippen LogP contribution in [0.2, 0.25) is 0 Å². The summed E-state index contributed by atoms with van der Waals surface area (Å²) in [5, 5.41) is 5.85. The fourth-order valence-corrected chi connectivity index (χ4v) is 7.88. The van der Waals surface area contributed by atoms with E-state index in [9.17, 15) is 0 Å². The third-order valence-electron chi connectivity index (χ3n) is 6.84. The van der Waals surface area contributed by atoms with Crippen molar-refractivity contribution in [3.63, 3.8) is 0 Å². The molecule has 0 saturated heterocycles. The summed E-state index contributed by atoms with van der Waals surface area (Å²) in [6, 6.07) is 42.5. The van der Waals surface area contributed by atoms with Gasteiger partial charge in [-0.25, -0.2) is 4.98 Å². The van der Waals surface area contributed by atoms with Crippen LogP contribution in [-0.2, 0) is 4.57 Å². The maximum absolute atomic E-state index is 15.0. The Morgan fingerprint density at radius 1 is 0.514 bits per heavy atom. The SMILES string of the molecule is O=P(c1ccccc1)(c1ccccc1)c1ccc2c3ccccc3c3nc4ccccc4n3c2c1. The number of para-hydroxylation sites is 2. The molecule has 2 heterocycles. The molecule has 0 aliphatic heterocycles. The van der Waals surface area contributed by atoms with Crippen LogP contribution in [0.1, 0.15) is 0 Å². The van der Waals surface area contributed by atoms with E-state index in [1.165, 1.54) is 0 Å². The molecule has 0 amide bonds. The molecule has 0 radical (unpaired) electrons. The van der Waals surface area contributed by atoms with Crippen LogP contribution in [0.5, 0.6) is 0 Å². The van der Waals surface area contributed by atoms with E-state index in [0.717, 1.165) is 54.3 Å². The van der Waals surface area contributed by atoms with Crippen LogP contribution in [0.15, 0.2) is 127 Å². The van der Waals surface area contributed by atoms with E-state index < -0.39 is 7.14 Å². The van der Waals surface area contributed by atoms with Crippen LogP contribution in [0.4, 0.5) is 0 Å². The average Bonchev–Trinajstić information content (AvgIpc) is 3.34. The Balaban J connectivity index is 1.65. The zero-order valence-corrected chi connectivity index (χ0v) is 19.8. The van der Waals surface area contributed by atoms with Crippen molar-refractivity contribution in [2.75, 3.05) is 0 Å². The molecule has 5 aromatic carbocycles. The monoisotopic (exact) mass is 468 g/mol. The third kappa shape index (κ3) is 2.92. The second-order valence-corrected chi connectivity index (χ2v) is 11.6. The van der Waals surface area contributed by atoms with E-state index in [2.05, 4.69) is 46.9 Å². The summed E-state index contributed by atoms with van der Waals surface area (Å²) in [6.45, 7) is 0. The summed E-state index contributed by atoms with van der Waals surface area (Å²) >= 11 is 0. The number of pyridine rings is 1. The lowest BCUT2D eigenvalue weighted by atomic mass is 10.1. The van der Waals surface area contributed by atoms with Gasteiger partial charge in [-0.05, 0) is 23.6 Å². The van der Waals surface area contributed by atoms with E-state index in [1.807, 2.05) is 84.9 Å². The summed E-state index contributed by atoms with van der Waals surface area (Å²) in [5.41, 5.74) is 3.92. The number of imidazole rings is 1. The van der Waals surface area contributed by atoms with Crippen molar-refractivity contribution in [2.24, 2.45) is 0 Å². The Bertz CT molecular complexity index is 1880. The lowest BCUT2D eigenvalue weighted by molar-refractivity contribution is 0.592. The van der Waals surface area contributed by atoms with Crippen molar-refractivity contribution < 1.29 is 4.57 Å². The predicted molar refractivity (Wildman–Crippen MR) is 147 cm³/mol. The molecule has 0 atom stereocenters. The molecule has 7 aromatic rings. The molecule has 0 N–H and O–H groups in total. The second kappa shape index (κ2) is 7.66. The van der Waals surface area contributed by atoms with Gasteiger partial charge in [-0.2, -0.15) is 0 Å². The molecule has 0 aliphatic rings. The van der Waals surface area contributed by atoms with Crippen molar-refractivity contribution in [3.05, 3.63) is 127 Å². The van der Waals surface area contributed by atoms with E-state index in [1.54, 1.807) is 0 Å². The number of hydrogen-bond acceptors (Lipinski definition) is 2. The summed E-state index contributed by atoms with van der Waals surface area (Å²) < 4.78 is 17.3. The normalized spacial score (nSPS) is 12.1. The Labute approximate surface area is 202 Å². The van der Waals surface area contributed by atoms with Gasteiger partial charge in [0.25, 0.3) is 0 Å². The van der Waals surface area contributed by atoms with Gasteiger partial charge in [-0.3, -0.25) is 4.40 Å². The van der Waals surface area contributed by atoms with Gasteiger partial charge in [0.2, 0.25) is 0 Å². The van der Waals surface area contributed by atoms with E-state index >= 15 is 4.57 Å². The lowest BCUT2D eigenvalue weighted by Gasteiger charge is -2.21. The third-order valence-corrected chi connectivity index (χ3v) is 9.90. The minimum atomic E-state index is -3.09. The summed E-state index contributed by atoms with van der Waals surface area (Å²) in [6.07, 6.45) is 0. The van der Waals surface area contributed by atoms with E-state index in [4.69, 9.17) is 4.98 Å². The van der Waals surface area contributed by atoms with Gasteiger partial charge in [0.05, 0.1) is 16.6 Å². The molecular weight excluding hydrogens is 447 g/mol. The quantitative estimate of drug-likeness (QED) is 0.221. The number of benzene rings is 5. The summed E-state index contributed by atoms with van der Waals surface area (Å²) in [7, 11) is -3.09. The van der Waals surface area contributed by atoms with Crippen LogP contribution in [0.25, 0.3) is 38.4 Å². The number of aromatic nitrogens is 2. The number of fused-ring (bicyclic) bond motifs is 8. The highest BCUT2D eigenvalue weighted by molar-refractivity contribution is 7.85. The average molecular weight is 468 g/mol. The van der Waals surface area contributed by atoms with Crippen LogP contribution < -0.4 is 15.9 Å². The van der Waals surface area contributed by atoms with Gasteiger partial charge >= 0.3 is 0 Å². The summed E-state index contributed by atoms with van der Waals surface area (Å²) in [4.78, 5) is 5.00. The first kappa shape index (κ1) is 20.2. The van der Waals surface area contributed by atoms with Crippen LogP contribution in [-0.4, -0.2) is 9.38 Å². The summed E-state index contributed by atoms with van der Waals surface area (Å²) in [5.74, 6) is 0. The molecular formula is C31H21N2OP.